The summed E-state index contributed by atoms with van der Waals surface area (Å²) in [5.74, 6) is -1.29. The van der Waals surface area contributed by atoms with Crippen molar-refractivity contribution >= 4 is 19.4 Å². The van der Waals surface area contributed by atoms with E-state index in [0.29, 0.717) is 23.9 Å². The lowest BCUT2D eigenvalue weighted by Crippen LogP contribution is -2.57. The van der Waals surface area contributed by atoms with E-state index >= 15 is 0 Å². The van der Waals surface area contributed by atoms with E-state index in [0.717, 1.165) is 38.5 Å². The summed E-state index contributed by atoms with van der Waals surface area (Å²) in [5.41, 5.74) is -2.47. The molecular weight excluding hydrogens is 645 g/mol. The predicted molar refractivity (Wildman–Crippen MR) is 200 cm³/mol. The smallest absolute Gasteiger partial charge is 0.394 e. The van der Waals surface area contributed by atoms with Crippen molar-refractivity contribution in [2.45, 2.75) is 192 Å². The molecule has 294 valence electrons. The third-order valence-electron chi connectivity index (χ3n) is 9.04. The highest BCUT2D eigenvalue weighted by atomic mass is 31.2. The highest BCUT2D eigenvalue weighted by Crippen LogP contribution is 2.35. The SMILES string of the molecule is CCCCCCCCCCCCCCCC(=O)C(O)(C(=O)CCCCCCCCCCCCC)C(O)CO.C[N+](C)(C)CCOP(=O)(O)O. The van der Waals surface area contributed by atoms with E-state index < -0.39 is 37.7 Å². The van der Waals surface area contributed by atoms with Crippen LogP contribution in [0.4, 0.5) is 0 Å². The van der Waals surface area contributed by atoms with Crippen molar-refractivity contribution in [3.8, 4) is 0 Å². The fourth-order valence-corrected chi connectivity index (χ4v) is 6.05. The molecule has 0 saturated carbocycles. The van der Waals surface area contributed by atoms with Crippen LogP contribution in [0.1, 0.15) is 181 Å². The average Bonchev–Trinajstić information content (AvgIpc) is 3.03. The molecule has 10 nitrogen and oxygen atoms in total. The lowest BCUT2D eigenvalue weighted by Gasteiger charge is -2.29. The van der Waals surface area contributed by atoms with Crippen LogP contribution in [-0.4, -0.2) is 93.8 Å². The van der Waals surface area contributed by atoms with Gasteiger partial charge in [0.1, 0.15) is 19.3 Å². The largest absolute Gasteiger partial charge is 0.469 e. The van der Waals surface area contributed by atoms with Crippen LogP contribution in [-0.2, 0) is 18.7 Å². The van der Waals surface area contributed by atoms with E-state index in [9.17, 15) is 29.5 Å². The van der Waals surface area contributed by atoms with Crippen LogP contribution in [0, 0.1) is 0 Å². The summed E-state index contributed by atoms with van der Waals surface area (Å²) in [4.78, 5) is 42.1. The van der Waals surface area contributed by atoms with Gasteiger partial charge in [0, 0.05) is 12.8 Å². The number of phosphoric ester groups is 1. The number of Topliss-reactive ketones (excluding diaryl/α,β-unsaturated/α-hetero) is 2. The van der Waals surface area contributed by atoms with E-state index in [1.165, 1.54) is 103 Å². The van der Waals surface area contributed by atoms with E-state index in [1.807, 2.05) is 21.1 Å². The number of quaternary nitrogens is 1. The zero-order valence-electron chi connectivity index (χ0n) is 32.3. The maximum Gasteiger partial charge on any atom is 0.469 e. The molecule has 0 aliphatic heterocycles. The van der Waals surface area contributed by atoms with Crippen LogP contribution in [0.5, 0.6) is 0 Å². The number of ketones is 2. The van der Waals surface area contributed by atoms with Crippen molar-refractivity contribution in [3.63, 3.8) is 0 Å². The molecule has 11 heteroatoms. The lowest BCUT2D eigenvalue weighted by molar-refractivity contribution is -0.870. The summed E-state index contributed by atoms with van der Waals surface area (Å²) >= 11 is 0. The van der Waals surface area contributed by atoms with Gasteiger partial charge in [-0.25, -0.2) is 4.57 Å². The first kappa shape index (κ1) is 50.4. The Balaban J connectivity index is 0. The molecule has 0 aromatic carbocycles. The van der Waals surface area contributed by atoms with Gasteiger partial charge in [-0.15, -0.1) is 0 Å². The van der Waals surface area contributed by atoms with Crippen LogP contribution < -0.4 is 0 Å². The Labute approximate surface area is 300 Å². The maximum atomic E-state index is 12.8. The standard InChI is InChI=1S/C33H64O5.C5H14NO4P/c1-3-5-7-9-11-13-15-16-18-20-22-24-26-28-31(36)33(38,32(37)29-34)30(35)27-25-23-21-19-17-14-12-10-8-6-4-2;1-6(2,3)4-5-10-11(7,8)9/h32,34,37-38H,3-29H2,1-2H3;4-5H2,1-3H3,(H-,7,8,9)/p+1. The number of nitrogens with zero attached hydrogens (tertiary/aromatic N) is 1. The highest BCUT2D eigenvalue weighted by molar-refractivity contribution is 7.46. The fraction of sp³-hybridized carbons (Fsp3) is 0.947. The third kappa shape index (κ3) is 31.7. The van der Waals surface area contributed by atoms with E-state index in [4.69, 9.17) is 9.79 Å². The molecule has 0 spiro atoms. The molecule has 0 aromatic rings. The Bertz CT molecular complexity index is 831. The molecular formula is C38H79NO9P+. The summed E-state index contributed by atoms with van der Waals surface area (Å²) in [7, 11) is 1.50. The Morgan fingerprint density at radius 2 is 0.898 bits per heavy atom. The Morgan fingerprint density at radius 3 is 1.14 bits per heavy atom. The van der Waals surface area contributed by atoms with Crippen LogP contribution in [0.2, 0.25) is 0 Å². The van der Waals surface area contributed by atoms with Crippen molar-refractivity contribution in [3.05, 3.63) is 0 Å². The van der Waals surface area contributed by atoms with E-state index in [2.05, 4.69) is 18.4 Å². The second kappa shape index (κ2) is 32.0. The number of aliphatic hydroxyl groups is 3. The predicted octanol–water partition coefficient (Wildman–Crippen LogP) is 8.19. The van der Waals surface area contributed by atoms with Gasteiger partial charge in [0.05, 0.1) is 27.7 Å². The Morgan fingerprint density at radius 1 is 0.612 bits per heavy atom. The van der Waals surface area contributed by atoms with Gasteiger partial charge < -0.3 is 29.6 Å². The fourth-order valence-electron chi connectivity index (χ4n) is 5.73. The molecule has 0 amide bonds. The number of rotatable bonds is 34. The van der Waals surface area contributed by atoms with Crippen molar-refractivity contribution in [1.29, 1.82) is 0 Å². The van der Waals surface area contributed by atoms with Gasteiger partial charge in [0.25, 0.3) is 0 Å². The van der Waals surface area contributed by atoms with Gasteiger partial charge in [-0.05, 0) is 12.8 Å². The first-order valence-corrected chi connectivity index (χ1v) is 21.3. The maximum absolute atomic E-state index is 12.8. The minimum atomic E-state index is -4.26. The van der Waals surface area contributed by atoms with Crippen LogP contribution in [0.25, 0.3) is 0 Å². The van der Waals surface area contributed by atoms with Crippen molar-refractivity contribution in [2.24, 2.45) is 0 Å². The Kier molecular flexibility index (Phi) is 32.9. The van der Waals surface area contributed by atoms with Crippen molar-refractivity contribution in [2.75, 3.05) is 40.9 Å². The van der Waals surface area contributed by atoms with Gasteiger partial charge in [0.2, 0.25) is 5.60 Å². The summed E-state index contributed by atoms with van der Waals surface area (Å²) < 4.78 is 15.1. The first-order chi connectivity index (χ1) is 23.2. The molecule has 49 heavy (non-hydrogen) atoms. The normalized spacial score (nSPS) is 13.8. The molecule has 0 rings (SSSR count). The van der Waals surface area contributed by atoms with Gasteiger partial charge in [0.15, 0.2) is 11.6 Å². The zero-order valence-corrected chi connectivity index (χ0v) is 33.2. The van der Waals surface area contributed by atoms with Gasteiger partial charge >= 0.3 is 7.82 Å². The molecule has 0 radical (unpaired) electrons. The molecule has 2 atom stereocenters. The molecule has 5 N–H and O–H groups in total. The molecule has 0 bridgehead atoms. The van der Waals surface area contributed by atoms with Crippen LogP contribution >= 0.6 is 7.82 Å². The Hall–Kier alpha value is -0.710. The second-order valence-corrected chi connectivity index (χ2v) is 16.2. The van der Waals surface area contributed by atoms with E-state index in [-0.39, 0.29) is 19.4 Å². The molecule has 0 aliphatic rings. The molecule has 0 saturated heterocycles. The van der Waals surface area contributed by atoms with E-state index in [1.54, 1.807) is 0 Å². The summed E-state index contributed by atoms with van der Waals surface area (Å²) in [6.45, 7) is 4.32. The second-order valence-electron chi connectivity index (χ2n) is 14.9. The minimum Gasteiger partial charge on any atom is -0.394 e. The number of aliphatic hydroxyl groups excluding tert-OH is 2. The quantitative estimate of drug-likeness (QED) is 0.0191. The van der Waals surface area contributed by atoms with Gasteiger partial charge in [-0.2, -0.15) is 0 Å². The third-order valence-corrected chi connectivity index (χ3v) is 9.56. The number of hydrogen-bond acceptors (Lipinski definition) is 7. The molecule has 0 aliphatic carbocycles. The molecule has 2 unspecified atom stereocenters. The van der Waals surface area contributed by atoms with Crippen molar-refractivity contribution < 1.29 is 48.3 Å². The van der Waals surface area contributed by atoms with Crippen molar-refractivity contribution in [1.82, 2.24) is 0 Å². The minimum absolute atomic E-state index is 0.0644. The lowest BCUT2D eigenvalue weighted by atomic mass is 9.82. The number of carbonyl (C=O) groups is 2. The molecule has 0 fully saturated rings. The topological polar surface area (TPSA) is 162 Å². The number of likely N-dealkylation sites (N-methyl/N-ethyl adjacent to an activating group) is 1. The first-order valence-electron chi connectivity index (χ1n) is 19.7. The summed E-state index contributed by atoms with van der Waals surface area (Å²) in [6, 6.07) is 0. The zero-order chi connectivity index (χ0) is 37.4. The average molecular weight is 725 g/mol. The van der Waals surface area contributed by atoms with Gasteiger partial charge in [-0.1, -0.05) is 155 Å². The summed E-state index contributed by atoms with van der Waals surface area (Å²) in [5, 5.41) is 30.4. The number of carbonyl (C=O) groups excluding carboxylic acids is 2. The number of hydrogen-bond donors (Lipinski definition) is 5. The van der Waals surface area contributed by atoms with Crippen LogP contribution in [0.15, 0.2) is 0 Å². The number of phosphoric acid groups is 1. The molecule has 0 heterocycles. The molecule has 0 aromatic heterocycles. The highest BCUT2D eigenvalue weighted by Gasteiger charge is 2.48. The summed E-state index contributed by atoms with van der Waals surface area (Å²) in [6.07, 6.45) is 26.6. The number of unbranched alkanes of at least 4 members (excludes halogenated alkanes) is 22. The van der Waals surface area contributed by atoms with Gasteiger partial charge in [-0.3, -0.25) is 14.1 Å². The monoisotopic (exact) mass is 725 g/mol. The van der Waals surface area contributed by atoms with Crippen LogP contribution in [0.3, 0.4) is 0 Å².